The molecular weight excluding hydrogens is 316 g/mol. The van der Waals surface area contributed by atoms with Crippen LogP contribution in [-0.2, 0) is 4.74 Å². The van der Waals surface area contributed by atoms with Crippen molar-refractivity contribution >= 4 is 11.9 Å². The van der Waals surface area contributed by atoms with Crippen molar-refractivity contribution in [3.8, 4) is 0 Å². The molecule has 1 rings (SSSR count). The first kappa shape index (κ1) is 21.0. The van der Waals surface area contributed by atoms with Gasteiger partial charge in [-0.1, -0.05) is 31.5 Å². The Morgan fingerprint density at radius 1 is 1.00 bits per heavy atom. The molecule has 0 unspecified atom stereocenters. The van der Waals surface area contributed by atoms with Crippen LogP contribution in [0.3, 0.4) is 0 Å². The summed E-state index contributed by atoms with van der Waals surface area (Å²) in [7, 11) is 0. The molecule has 0 fully saturated rings. The predicted octanol–water partition coefficient (Wildman–Crippen LogP) is 2.18. The molecule has 140 valence electrons. The molecule has 0 aromatic heterocycles. The summed E-state index contributed by atoms with van der Waals surface area (Å²) in [4.78, 5) is 16.4. The van der Waals surface area contributed by atoms with Crippen molar-refractivity contribution < 1.29 is 9.53 Å². The Hall–Kier alpha value is -2.08. The van der Waals surface area contributed by atoms with Crippen LogP contribution in [0.4, 0.5) is 0 Å². The van der Waals surface area contributed by atoms with Gasteiger partial charge in [-0.2, -0.15) is 0 Å². The van der Waals surface area contributed by atoms with Crippen molar-refractivity contribution in [1.82, 2.24) is 16.0 Å². The number of carbonyl (C=O) groups is 1. The van der Waals surface area contributed by atoms with Crippen molar-refractivity contribution in [2.75, 3.05) is 39.4 Å². The lowest BCUT2D eigenvalue weighted by atomic mass is 10.2. The van der Waals surface area contributed by atoms with Crippen LogP contribution < -0.4 is 16.0 Å². The van der Waals surface area contributed by atoms with E-state index in [0.717, 1.165) is 51.5 Å². The number of unbranched alkanes of at least 4 members (excludes halogenated alkanes) is 1. The standard InChI is InChI=1S/C19H32N4O2/c1-3-5-15-25-16-9-12-22-19(20-4-2)23-14-13-21-18(24)17-10-7-6-8-11-17/h6-8,10-11H,3-5,9,12-16H2,1-2H3,(H,21,24)(H2,20,22,23). The summed E-state index contributed by atoms with van der Waals surface area (Å²) in [5.41, 5.74) is 0.672. The van der Waals surface area contributed by atoms with Gasteiger partial charge >= 0.3 is 0 Å². The molecule has 0 saturated heterocycles. The molecule has 0 radical (unpaired) electrons. The number of nitrogens with one attached hydrogen (secondary N) is 3. The Balaban J connectivity index is 2.19. The fourth-order valence-electron chi connectivity index (χ4n) is 2.10. The van der Waals surface area contributed by atoms with E-state index in [1.165, 1.54) is 0 Å². The smallest absolute Gasteiger partial charge is 0.251 e. The van der Waals surface area contributed by atoms with Crippen molar-refractivity contribution in [2.24, 2.45) is 4.99 Å². The predicted molar refractivity (Wildman–Crippen MR) is 103 cm³/mol. The number of aliphatic imine (C=N–C) groups is 1. The van der Waals surface area contributed by atoms with E-state index in [-0.39, 0.29) is 5.91 Å². The fraction of sp³-hybridized carbons (Fsp3) is 0.579. The SMILES string of the molecule is CCCCOCCCN=C(NCC)NCCNC(=O)c1ccccc1. The number of carbonyl (C=O) groups excluding carboxylic acids is 1. The normalized spacial score (nSPS) is 11.2. The zero-order valence-electron chi connectivity index (χ0n) is 15.5. The molecule has 0 saturated carbocycles. The lowest BCUT2D eigenvalue weighted by molar-refractivity contribution is 0.0954. The molecule has 6 heteroatoms. The van der Waals surface area contributed by atoms with Crippen LogP contribution in [0, 0.1) is 0 Å². The van der Waals surface area contributed by atoms with Gasteiger partial charge in [-0.15, -0.1) is 0 Å². The lowest BCUT2D eigenvalue weighted by Gasteiger charge is -2.12. The van der Waals surface area contributed by atoms with E-state index < -0.39 is 0 Å². The number of guanidine groups is 1. The molecule has 0 heterocycles. The first-order valence-electron chi connectivity index (χ1n) is 9.21. The van der Waals surface area contributed by atoms with E-state index in [9.17, 15) is 4.79 Å². The molecule has 25 heavy (non-hydrogen) atoms. The molecule has 0 bridgehead atoms. The number of amides is 1. The molecule has 3 N–H and O–H groups in total. The zero-order valence-corrected chi connectivity index (χ0v) is 15.5. The first-order valence-corrected chi connectivity index (χ1v) is 9.21. The van der Waals surface area contributed by atoms with E-state index in [2.05, 4.69) is 27.9 Å². The summed E-state index contributed by atoms with van der Waals surface area (Å²) in [5, 5.41) is 9.31. The van der Waals surface area contributed by atoms with Crippen LogP contribution in [-0.4, -0.2) is 51.3 Å². The second-order valence-corrected chi connectivity index (χ2v) is 5.63. The molecule has 1 aromatic carbocycles. The Kier molecular flexibility index (Phi) is 12.0. The Morgan fingerprint density at radius 2 is 1.72 bits per heavy atom. The highest BCUT2D eigenvalue weighted by molar-refractivity contribution is 5.94. The zero-order chi connectivity index (χ0) is 18.2. The van der Waals surface area contributed by atoms with Gasteiger partial charge in [0.25, 0.3) is 5.91 Å². The van der Waals surface area contributed by atoms with Crippen molar-refractivity contribution in [3.63, 3.8) is 0 Å². The number of hydrogen-bond acceptors (Lipinski definition) is 3. The lowest BCUT2D eigenvalue weighted by Crippen LogP contribution is -2.41. The van der Waals surface area contributed by atoms with Gasteiger partial charge in [0.05, 0.1) is 0 Å². The second kappa shape index (κ2) is 14.3. The van der Waals surface area contributed by atoms with E-state index in [1.807, 2.05) is 25.1 Å². The van der Waals surface area contributed by atoms with Crippen LogP contribution in [0.25, 0.3) is 0 Å². The Morgan fingerprint density at radius 3 is 2.44 bits per heavy atom. The molecule has 6 nitrogen and oxygen atoms in total. The minimum atomic E-state index is -0.0615. The molecule has 0 aliphatic carbocycles. The average molecular weight is 348 g/mol. The molecule has 0 spiro atoms. The quantitative estimate of drug-likeness (QED) is 0.307. The number of hydrogen-bond donors (Lipinski definition) is 3. The van der Waals surface area contributed by atoms with E-state index in [1.54, 1.807) is 12.1 Å². The minimum Gasteiger partial charge on any atom is -0.381 e. The summed E-state index contributed by atoms with van der Waals surface area (Å²) in [5.74, 6) is 0.707. The van der Waals surface area contributed by atoms with Gasteiger partial charge in [0.15, 0.2) is 5.96 Å². The van der Waals surface area contributed by atoms with Crippen LogP contribution in [0.15, 0.2) is 35.3 Å². The van der Waals surface area contributed by atoms with Gasteiger partial charge < -0.3 is 20.7 Å². The molecule has 1 aromatic rings. The van der Waals surface area contributed by atoms with Crippen molar-refractivity contribution in [3.05, 3.63) is 35.9 Å². The van der Waals surface area contributed by atoms with E-state index >= 15 is 0 Å². The molecule has 0 atom stereocenters. The Labute approximate surface area is 151 Å². The van der Waals surface area contributed by atoms with Gasteiger partial charge in [-0.05, 0) is 31.9 Å². The molecule has 1 amide bonds. The van der Waals surface area contributed by atoms with E-state index in [4.69, 9.17) is 4.74 Å². The molecule has 0 aliphatic heterocycles. The van der Waals surface area contributed by atoms with Gasteiger partial charge in [0.2, 0.25) is 0 Å². The maximum absolute atomic E-state index is 11.9. The number of rotatable bonds is 12. The summed E-state index contributed by atoms with van der Waals surface area (Å²) in [6.07, 6.45) is 3.18. The summed E-state index contributed by atoms with van der Waals surface area (Å²) in [6.45, 7) is 8.45. The number of benzene rings is 1. The summed E-state index contributed by atoms with van der Waals surface area (Å²) in [6, 6.07) is 9.21. The third-order valence-electron chi connectivity index (χ3n) is 3.44. The highest BCUT2D eigenvalue weighted by atomic mass is 16.5. The van der Waals surface area contributed by atoms with Crippen LogP contribution >= 0.6 is 0 Å². The van der Waals surface area contributed by atoms with Crippen molar-refractivity contribution in [2.45, 2.75) is 33.1 Å². The maximum atomic E-state index is 11.9. The Bertz CT molecular complexity index is 491. The van der Waals surface area contributed by atoms with Gasteiger partial charge in [0, 0.05) is 45.0 Å². The van der Waals surface area contributed by atoms with Crippen LogP contribution in [0.1, 0.15) is 43.5 Å². The number of nitrogens with zero attached hydrogens (tertiary/aromatic N) is 1. The number of ether oxygens (including phenoxy) is 1. The highest BCUT2D eigenvalue weighted by Crippen LogP contribution is 1.97. The second-order valence-electron chi connectivity index (χ2n) is 5.63. The van der Waals surface area contributed by atoms with Crippen LogP contribution in [0.5, 0.6) is 0 Å². The monoisotopic (exact) mass is 348 g/mol. The van der Waals surface area contributed by atoms with E-state index in [0.29, 0.717) is 18.7 Å². The van der Waals surface area contributed by atoms with Gasteiger partial charge in [0.1, 0.15) is 0 Å². The van der Waals surface area contributed by atoms with Crippen LogP contribution in [0.2, 0.25) is 0 Å². The van der Waals surface area contributed by atoms with Gasteiger partial charge in [-0.3, -0.25) is 9.79 Å². The third kappa shape index (κ3) is 10.4. The fourth-order valence-corrected chi connectivity index (χ4v) is 2.10. The van der Waals surface area contributed by atoms with Crippen molar-refractivity contribution in [1.29, 1.82) is 0 Å². The molecule has 0 aliphatic rings. The van der Waals surface area contributed by atoms with Gasteiger partial charge in [-0.25, -0.2) is 0 Å². The highest BCUT2D eigenvalue weighted by Gasteiger charge is 2.03. The maximum Gasteiger partial charge on any atom is 0.251 e. The molecular formula is C19H32N4O2. The summed E-state index contributed by atoms with van der Waals surface area (Å²) >= 11 is 0. The first-order chi connectivity index (χ1) is 12.3. The third-order valence-corrected chi connectivity index (χ3v) is 3.44. The minimum absolute atomic E-state index is 0.0615. The summed E-state index contributed by atoms with van der Waals surface area (Å²) < 4.78 is 5.53. The topological polar surface area (TPSA) is 74.8 Å². The average Bonchev–Trinajstić information content (AvgIpc) is 2.64. The largest absolute Gasteiger partial charge is 0.381 e.